The molecule has 4 rings (SSSR count). The highest BCUT2D eigenvalue weighted by molar-refractivity contribution is 7.91. The summed E-state index contributed by atoms with van der Waals surface area (Å²) in [4.78, 5) is 19.9. The molecule has 8 heteroatoms. The molecule has 1 aliphatic carbocycles. The molecule has 0 saturated carbocycles. The Morgan fingerprint density at radius 1 is 1.50 bits per heavy atom. The second kappa shape index (κ2) is 5.94. The fraction of sp³-hybridized carbons (Fsp3) is 0.333. The monoisotopic (exact) mass is 375 g/mol. The molecule has 0 spiro atoms. The maximum atomic E-state index is 13.5. The van der Waals surface area contributed by atoms with Gasteiger partial charge in [0.25, 0.3) is 0 Å². The zero-order valence-electron chi connectivity index (χ0n) is 14.3. The number of hydrogen-bond donors (Lipinski definition) is 2. The van der Waals surface area contributed by atoms with Gasteiger partial charge in [0.05, 0.1) is 11.0 Å². The summed E-state index contributed by atoms with van der Waals surface area (Å²) in [5, 5.41) is 10.6. The number of aliphatic hydroxyl groups is 1. The Morgan fingerprint density at radius 2 is 2.27 bits per heavy atom. The van der Waals surface area contributed by atoms with Crippen molar-refractivity contribution in [1.82, 2.24) is 15.1 Å². The van der Waals surface area contributed by atoms with Gasteiger partial charge in [-0.3, -0.25) is 9.78 Å². The van der Waals surface area contributed by atoms with Crippen LogP contribution in [-0.4, -0.2) is 41.9 Å². The van der Waals surface area contributed by atoms with E-state index in [1.807, 2.05) is 12.1 Å². The van der Waals surface area contributed by atoms with Gasteiger partial charge in [-0.25, -0.2) is 0 Å². The maximum Gasteiger partial charge on any atom is 0.321 e. The molecule has 6 nitrogen and oxygen atoms in total. The van der Waals surface area contributed by atoms with Gasteiger partial charge in [-0.2, -0.15) is 10.1 Å². The molecule has 1 aromatic carbocycles. The Bertz CT molecular complexity index is 960. The summed E-state index contributed by atoms with van der Waals surface area (Å²) in [7, 11) is 0. The molecule has 136 valence electrons. The van der Waals surface area contributed by atoms with Crippen LogP contribution in [-0.2, 0) is 22.4 Å². The van der Waals surface area contributed by atoms with Gasteiger partial charge in [0.1, 0.15) is 11.4 Å². The second-order valence-electron chi connectivity index (χ2n) is 7.23. The van der Waals surface area contributed by atoms with Crippen molar-refractivity contribution in [3.05, 3.63) is 47.3 Å². The first-order chi connectivity index (χ1) is 12.2. The van der Waals surface area contributed by atoms with Crippen molar-refractivity contribution in [2.75, 3.05) is 5.75 Å². The Labute approximate surface area is 152 Å². The minimum atomic E-state index is -1.49. The van der Waals surface area contributed by atoms with E-state index < -0.39 is 16.8 Å². The Morgan fingerprint density at radius 3 is 3.00 bits per heavy atom. The van der Waals surface area contributed by atoms with Crippen molar-refractivity contribution in [3.8, 4) is 0 Å². The normalized spacial score (nSPS) is 20.8. The van der Waals surface area contributed by atoms with E-state index in [-0.39, 0.29) is 29.0 Å². The van der Waals surface area contributed by atoms with Crippen LogP contribution in [0.3, 0.4) is 0 Å². The van der Waals surface area contributed by atoms with Crippen LogP contribution in [0.25, 0.3) is 11.0 Å². The van der Waals surface area contributed by atoms with Crippen LogP contribution in [0.1, 0.15) is 30.9 Å². The van der Waals surface area contributed by atoms with Gasteiger partial charge in [-0.05, 0) is 31.0 Å². The average Bonchev–Trinajstić information content (AvgIpc) is 2.98. The highest BCUT2D eigenvalue weighted by Gasteiger charge is 2.34. The summed E-state index contributed by atoms with van der Waals surface area (Å²) in [5.41, 5.74) is 2.31. The number of benzene rings is 1. The molecule has 0 saturated heterocycles. The largest absolute Gasteiger partial charge is 0.609 e. The van der Waals surface area contributed by atoms with Crippen molar-refractivity contribution < 1.29 is 18.9 Å². The highest BCUT2D eigenvalue weighted by atomic mass is 32.2. The number of allylic oxidation sites excluding steroid dienone is 2. The van der Waals surface area contributed by atoms with E-state index in [0.29, 0.717) is 21.7 Å². The van der Waals surface area contributed by atoms with E-state index in [0.717, 1.165) is 11.1 Å². The van der Waals surface area contributed by atoms with E-state index >= 15 is 0 Å². The Kier molecular flexibility index (Phi) is 3.94. The summed E-state index contributed by atoms with van der Waals surface area (Å²) < 4.78 is 26.0. The Balaban J connectivity index is 1.82. The molecule has 0 radical (unpaired) electrons. The number of imidazole rings is 1. The zero-order valence-corrected chi connectivity index (χ0v) is 15.1. The predicted molar refractivity (Wildman–Crippen MR) is 95.3 cm³/mol. The van der Waals surface area contributed by atoms with Crippen molar-refractivity contribution in [2.24, 2.45) is 0 Å². The number of aromatic nitrogens is 2. The number of fused-ring (bicyclic) bond motifs is 5. The Hall–Kier alpha value is -2.16. The molecular formula is C18H18FN3O3S. The molecule has 2 aliphatic rings. The smallest absolute Gasteiger partial charge is 0.321 e. The predicted octanol–water partition coefficient (Wildman–Crippen LogP) is 2.25. The number of H-pyrrole nitrogens is 1. The van der Waals surface area contributed by atoms with Gasteiger partial charge in [0.15, 0.2) is 5.78 Å². The molecule has 26 heavy (non-hydrogen) atoms. The molecule has 0 amide bonds. The van der Waals surface area contributed by atoms with E-state index in [1.165, 1.54) is 12.4 Å². The van der Waals surface area contributed by atoms with Crippen molar-refractivity contribution in [2.45, 2.75) is 36.9 Å². The average molecular weight is 375 g/mol. The number of rotatable bonds is 3. The quantitative estimate of drug-likeness (QED) is 0.634. The van der Waals surface area contributed by atoms with Crippen LogP contribution < -0.4 is 0 Å². The number of carbonyl (C=O) groups is 1. The number of nitrogens with one attached hydrogen (secondary N) is 1. The SMILES string of the molecule is CC(C)(O)C[S+]([O-])c1nc2c3c(ccc2[nH]1)CC(=O)C1=CN(F)C=CC13. The number of nitrogens with zero attached hydrogens (tertiary/aromatic N) is 2. The number of halogens is 1. The zero-order chi connectivity index (χ0) is 18.6. The fourth-order valence-electron chi connectivity index (χ4n) is 3.41. The first kappa shape index (κ1) is 17.3. The first-order valence-electron chi connectivity index (χ1n) is 8.22. The molecular weight excluding hydrogens is 357 g/mol. The molecule has 2 unspecified atom stereocenters. The minimum absolute atomic E-state index is 0.0544. The molecule has 0 bridgehead atoms. The molecule has 1 aliphatic heterocycles. The number of ketones is 1. The molecule has 2 aromatic rings. The molecule has 2 N–H and O–H groups in total. The van der Waals surface area contributed by atoms with Crippen LogP contribution in [0, 0.1) is 0 Å². The van der Waals surface area contributed by atoms with E-state index in [1.54, 1.807) is 19.9 Å². The van der Waals surface area contributed by atoms with Gasteiger partial charge in [-0.1, -0.05) is 16.6 Å². The highest BCUT2D eigenvalue weighted by Crippen LogP contribution is 2.41. The number of carbonyl (C=O) groups excluding carboxylic acids is 1. The van der Waals surface area contributed by atoms with E-state index in [2.05, 4.69) is 9.97 Å². The summed E-state index contributed by atoms with van der Waals surface area (Å²) in [5.74, 6) is -0.435. The van der Waals surface area contributed by atoms with Crippen molar-refractivity contribution in [1.29, 1.82) is 0 Å². The maximum absolute atomic E-state index is 13.5. The third-order valence-corrected chi connectivity index (χ3v) is 6.06. The van der Waals surface area contributed by atoms with Crippen molar-refractivity contribution >= 4 is 28.0 Å². The summed E-state index contributed by atoms with van der Waals surface area (Å²) in [6, 6.07) is 3.66. The molecule has 0 fully saturated rings. The molecule has 1 aromatic heterocycles. The lowest BCUT2D eigenvalue weighted by Crippen LogP contribution is -2.30. The third-order valence-electron chi connectivity index (χ3n) is 4.46. The number of hydrogen-bond acceptors (Lipinski definition) is 5. The molecule has 2 heterocycles. The first-order valence-corrected chi connectivity index (χ1v) is 9.54. The van der Waals surface area contributed by atoms with Crippen LogP contribution in [0.2, 0.25) is 0 Å². The van der Waals surface area contributed by atoms with Gasteiger partial charge in [-0.15, -0.1) is 0 Å². The van der Waals surface area contributed by atoms with Crippen LogP contribution in [0.5, 0.6) is 0 Å². The summed E-state index contributed by atoms with van der Waals surface area (Å²) in [6.45, 7) is 3.18. The lowest BCUT2D eigenvalue weighted by atomic mass is 9.77. The fourth-order valence-corrected chi connectivity index (χ4v) is 4.61. The van der Waals surface area contributed by atoms with Crippen LogP contribution in [0.4, 0.5) is 4.48 Å². The topological polar surface area (TPSA) is 92.3 Å². The summed E-state index contributed by atoms with van der Waals surface area (Å²) in [6.07, 6.45) is 4.29. The number of aromatic amines is 1. The van der Waals surface area contributed by atoms with E-state index in [9.17, 15) is 18.9 Å². The van der Waals surface area contributed by atoms with Crippen LogP contribution >= 0.6 is 0 Å². The van der Waals surface area contributed by atoms with Gasteiger partial charge in [0.2, 0.25) is 0 Å². The van der Waals surface area contributed by atoms with Crippen molar-refractivity contribution in [3.63, 3.8) is 0 Å². The second-order valence-corrected chi connectivity index (χ2v) is 8.59. The van der Waals surface area contributed by atoms with E-state index in [4.69, 9.17) is 0 Å². The number of Topliss-reactive ketones (excluding diaryl/α,β-unsaturated/α-hetero) is 1. The molecule has 2 atom stereocenters. The summed E-state index contributed by atoms with van der Waals surface area (Å²) >= 11 is -1.49. The van der Waals surface area contributed by atoms with Gasteiger partial charge < -0.3 is 9.66 Å². The van der Waals surface area contributed by atoms with Gasteiger partial charge in [0, 0.05) is 41.5 Å². The van der Waals surface area contributed by atoms with Crippen LogP contribution in [0.15, 0.2) is 41.3 Å². The standard InChI is InChI=1S/C18H18FN3O3S/c1-18(2,24)9-26(25)17-20-13-4-3-10-7-14(23)12-8-22(19)6-5-11(12)15(10)16(13)21-17/h3-6,8,11,24H,7,9H2,1-2H3,(H,20,21). The third kappa shape index (κ3) is 2.94. The lowest BCUT2D eigenvalue weighted by Gasteiger charge is -2.28. The minimum Gasteiger partial charge on any atom is -0.609 e. The lowest BCUT2D eigenvalue weighted by molar-refractivity contribution is -0.115. The van der Waals surface area contributed by atoms with Gasteiger partial charge >= 0.3 is 5.16 Å².